The quantitative estimate of drug-likeness (QED) is 0.686. The maximum absolute atomic E-state index is 12.9. The molecule has 1 amide bonds. The van der Waals surface area contributed by atoms with Crippen LogP contribution in [0.15, 0.2) is 60.1 Å². The molecule has 2 heterocycles. The van der Waals surface area contributed by atoms with Crippen LogP contribution < -0.4 is 10.1 Å². The van der Waals surface area contributed by atoms with Gasteiger partial charge in [0.05, 0.1) is 0 Å². The van der Waals surface area contributed by atoms with E-state index in [1.807, 2.05) is 23.6 Å². The number of amides is 1. The van der Waals surface area contributed by atoms with Crippen molar-refractivity contribution in [2.45, 2.75) is 19.4 Å². The van der Waals surface area contributed by atoms with E-state index in [4.69, 9.17) is 4.74 Å². The summed E-state index contributed by atoms with van der Waals surface area (Å²) in [5, 5.41) is 4.90. The van der Waals surface area contributed by atoms with E-state index >= 15 is 0 Å². The molecule has 0 radical (unpaired) electrons. The molecule has 1 N–H and O–H groups in total. The highest BCUT2D eigenvalue weighted by molar-refractivity contribution is 7.09. The lowest BCUT2D eigenvalue weighted by Gasteiger charge is -2.08. The summed E-state index contributed by atoms with van der Waals surface area (Å²) < 4.78 is 18.5. The second kappa shape index (κ2) is 8.39. The third kappa shape index (κ3) is 5.39. The molecule has 0 saturated heterocycles. The van der Waals surface area contributed by atoms with Crippen LogP contribution in [0.3, 0.4) is 0 Å². The zero-order valence-corrected chi connectivity index (χ0v) is 14.3. The maximum atomic E-state index is 12.9. The molecule has 0 aliphatic heterocycles. The number of hydrogen-bond donors (Lipinski definition) is 1. The molecule has 3 rings (SSSR count). The van der Waals surface area contributed by atoms with E-state index in [2.05, 4.69) is 10.3 Å². The largest absolute Gasteiger partial charge is 0.439 e. The number of aryl methyl sites for hydroxylation is 1. The van der Waals surface area contributed by atoms with Crippen molar-refractivity contribution in [3.05, 3.63) is 76.4 Å². The van der Waals surface area contributed by atoms with E-state index in [1.54, 1.807) is 23.6 Å². The van der Waals surface area contributed by atoms with Gasteiger partial charge in [-0.25, -0.2) is 9.37 Å². The summed E-state index contributed by atoms with van der Waals surface area (Å²) in [6.45, 7) is 0.408. The van der Waals surface area contributed by atoms with Gasteiger partial charge in [-0.2, -0.15) is 0 Å². The number of pyridine rings is 1. The van der Waals surface area contributed by atoms with Gasteiger partial charge in [-0.05, 0) is 53.8 Å². The summed E-state index contributed by atoms with van der Waals surface area (Å²) in [5.74, 6) is 0.591. The van der Waals surface area contributed by atoms with Gasteiger partial charge in [0.15, 0.2) is 0 Å². The molecule has 1 aromatic carbocycles. The van der Waals surface area contributed by atoms with Crippen LogP contribution in [0.4, 0.5) is 4.39 Å². The second-order valence-corrected chi connectivity index (χ2v) is 6.45. The number of hydrogen-bond acceptors (Lipinski definition) is 4. The van der Waals surface area contributed by atoms with E-state index in [-0.39, 0.29) is 11.7 Å². The summed E-state index contributed by atoms with van der Waals surface area (Å²) in [5.41, 5.74) is 0.886. The first-order valence-electron chi connectivity index (χ1n) is 7.86. The summed E-state index contributed by atoms with van der Waals surface area (Å²) in [7, 11) is 0. The van der Waals surface area contributed by atoms with Crippen molar-refractivity contribution in [3.63, 3.8) is 0 Å². The Labute approximate surface area is 149 Å². The molecule has 0 unspecified atom stereocenters. The summed E-state index contributed by atoms with van der Waals surface area (Å²) in [6, 6.07) is 13.3. The van der Waals surface area contributed by atoms with Crippen LogP contribution in [0.5, 0.6) is 11.6 Å². The lowest BCUT2D eigenvalue weighted by molar-refractivity contribution is -0.121. The van der Waals surface area contributed by atoms with Crippen molar-refractivity contribution in [2.24, 2.45) is 0 Å². The van der Waals surface area contributed by atoms with Gasteiger partial charge in [0.25, 0.3) is 0 Å². The first-order chi connectivity index (χ1) is 12.2. The Hall–Kier alpha value is -2.73. The van der Waals surface area contributed by atoms with Crippen LogP contribution in [-0.4, -0.2) is 10.9 Å². The van der Waals surface area contributed by atoms with Crippen molar-refractivity contribution in [2.75, 3.05) is 0 Å². The fraction of sp³-hybridized carbons (Fsp3) is 0.158. The standard InChI is InChI=1S/C19H17FN2O2S/c20-15-3-5-16(6-4-15)24-19-12-14(9-10-21-19)13-22-18(23)8-7-17-2-1-11-25-17/h1-6,9-12H,7-8,13H2,(H,22,23). The van der Waals surface area contributed by atoms with Crippen molar-refractivity contribution in [3.8, 4) is 11.6 Å². The summed E-state index contributed by atoms with van der Waals surface area (Å²) in [6.07, 6.45) is 2.83. The fourth-order valence-electron chi connectivity index (χ4n) is 2.22. The topological polar surface area (TPSA) is 51.2 Å². The molecule has 0 bridgehead atoms. The van der Waals surface area contributed by atoms with Crippen LogP contribution in [0.2, 0.25) is 0 Å². The number of halogens is 1. The van der Waals surface area contributed by atoms with Gasteiger partial charge in [0.2, 0.25) is 11.8 Å². The molecule has 0 aliphatic carbocycles. The van der Waals surface area contributed by atoms with E-state index in [0.29, 0.717) is 24.6 Å². The Morgan fingerprint density at radius 3 is 2.80 bits per heavy atom. The average molecular weight is 356 g/mol. The predicted molar refractivity (Wildman–Crippen MR) is 95.2 cm³/mol. The highest BCUT2D eigenvalue weighted by Gasteiger charge is 2.05. The van der Waals surface area contributed by atoms with Gasteiger partial charge in [-0.1, -0.05) is 6.07 Å². The number of nitrogens with one attached hydrogen (secondary N) is 1. The monoisotopic (exact) mass is 356 g/mol. The lowest BCUT2D eigenvalue weighted by Crippen LogP contribution is -2.22. The van der Waals surface area contributed by atoms with Gasteiger partial charge in [-0.15, -0.1) is 11.3 Å². The molecule has 0 spiro atoms. The third-order valence-electron chi connectivity index (χ3n) is 3.50. The number of thiophene rings is 1. The van der Waals surface area contributed by atoms with Gasteiger partial charge in [0, 0.05) is 30.1 Å². The maximum Gasteiger partial charge on any atom is 0.220 e. The van der Waals surface area contributed by atoms with Crippen LogP contribution in [0, 0.1) is 5.82 Å². The Balaban J connectivity index is 1.51. The molecule has 0 atom stereocenters. The van der Waals surface area contributed by atoms with Crippen molar-refractivity contribution >= 4 is 17.2 Å². The SMILES string of the molecule is O=C(CCc1cccs1)NCc1ccnc(Oc2ccc(F)cc2)c1. The third-order valence-corrected chi connectivity index (χ3v) is 4.44. The Morgan fingerprint density at radius 2 is 2.04 bits per heavy atom. The first-order valence-corrected chi connectivity index (χ1v) is 8.74. The number of nitrogens with zero attached hydrogens (tertiary/aromatic N) is 1. The number of aromatic nitrogens is 1. The van der Waals surface area contributed by atoms with Crippen molar-refractivity contribution < 1.29 is 13.9 Å². The molecule has 0 aliphatic rings. The molecule has 2 aromatic heterocycles. The summed E-state index contributed by atoms with van der Waals surface area (Å²) >= 11 is 1.65. The average Bonchev–Trinajstić information content (AvgIpc) is 3.14. The minimum absolute atomic E-state index is 0.00575. The number of rotatable bonds is 7. The molecule has 3 aromatic rings. The molecule has 0 fully saturated rings. The summed E-state index contributed by atoms with van der Waals surface area (Å²) in [4.78, 5) is 17.3. The highest BCUT2D eigenvalue weighted by atomic mass is 32.1. The van der Waals surface area contributed by atoms with E-state index in [9.17, 15) is 9.18 Å². The lowest BCUT2D eigenvalue weighted by atomic mass is 10.2. The van der Waals surface area contributed by atoms with Gasteiger partial charge >= 0.3 is 0 Å². The molecule has 25 heavy (non-hydrogen) atoms. The number of carbonyl (C=O) groups excluding carboxylic acids is 1. The zero-order valence-electron chi connectivity index (χ0n) is 13.4. The van der Waals surface area contributed by atoms with E-state index < -0.39 is 0 Å². The highest BCUT2D eigenvalue weighted by Crippen LogP contribution is 2.20. The van der Waals surface area contributed by atoms with E-state index in [0.717, 1.165) is 12.0 Å². The van der Waals surface area contributed by atoms with Crippen molar-refractivity contribution in [1.82, 2.24) is 10.3 Å². The van der Waals surface area contributed by atoms with Gasteiger partial charge in [0.1, 0.15) is 11.6 Å². The Morgan fingerprint density at radius 1 is 1.20 bits per heavy atom. The number of ether oxygens (including phenoxy) is 1. The number of benzene rings is 1. The minimum atomic E-state index is -0.320. The molecular weight excluding hydrogens is 339 g/mol. The van der Waals surface area contributed by atoms with Crippen LogP contribution in [0.1, 0.15) is 16.9 Å². The Kier molecular flexibility index (Phi) is 5.74. The zero-order chi connectivity index (χ0) is 17.5. The smallest absolute Gasteiger partial charge is 0.220 e. The number of carbonyl (C=O) groups is 1. The predicted octanol–water partition coefficient (Wildman–Crippen LogP) is 4.32. The van der Waals surface area contributed by atoms with E-state index in [1.165, 1.54) is 29.1 Å². The molecule has 0 saturated carbocycles. The molecule has 6 heteroatoms. The van der Waals surface area contributed by atoms with Gasteiger partial charge < -0.3 is 10.1 Å². The van der Waals surface area contributed by atoms with Crippen LogP contribution in [0.25, 0.3) is 0 Å². The van der Waals surface area contributed by atoms with Crippen LogP contribution in [-0.2, 0) is 17.8 Å². The Bertz CT molecular complexity index is 820. The minimum Gasteiger partial charge on any atom is -0.439 e. The molecule has 128 valence electrons. The first kappa shape index (κ1) is 17.1. The van der Waals surface area contributed by atoms with Crippen molar-refractivity contribution in [1.29, 1.82) is 0 Å². The van der Waals surface area contributed by atoms with Crippen LogP contribution >= 0.6 is 11.3 Å². The molecule has 4 nitrogen and oxygen atoms in total. The fourth-order valence-corrected chi connectivity index (χ4v) is 2.93. The molecular formula is C19H17FN2O2S. The second-order valence-electron chi connectivity index (χ2n) is 5.41. The van der Waals surface area contributed by atoms with Gasteiger partial charge in [-0.3, -0.25) is 4.79 Å². The normalized spacial score (nSPS) is 10.4.